The molecular weight excluding hydrogens is 280 g/mol. The van der Waals surface area contributed by atoms with Gasteiger partial charge >= 0.3 is 0 Å². The number of rotatable bonds is 4. The summed E-state index contributed by atoms with van der Waals surface area (Å²) in [5.41, 5.74) is 4.83. The second kappa shape index (κ2) is 6.54. The van der Waals surface area contributed by atoms with Crippen LogP contribution in [-0.2, 0) is 5.41 Å². The van der Waals surface area contributed by atoms with Crippen LogP contribution in [0.3, 0.4) is 0 Å². The second-order valence-electron chi connectivity index (χ2n) is 6.96. The van der Waals surface area contributed by atoms with E-state index in [1.54, 1.807) is 0 Å². The molecule has 0 aromatic heterocycles. The third-order valence-corrected chi connectivity index (χ3v) is 4.95. The average Bonchev–Trinajstić information content (AvgIpc) is 2.50. The van der Waals surface area contributed by atoms with Crippen LogP contribution < -0.4 is 0 Å². The van der Waals surface area contributed by atoms with Crippen LogP contribution >= 0.6 is 0 Å². The Hall–Kier alpha value is -1.78. The van der Waals surface area contributed by atoms with E-state index in [1.807, 2.05) is 6.08 Å². The third kappa shape index (κ3) is 3.51. The highest BCUT2D eigenvalue weighted by Crippen LogP contribution is 2.36. The molecule has 0 nitrogen and oxygen atoms in total. The maximum atomic E-state index is 3.99. The predicted octanol–water partition coefficient (Wildman–Crippen LogP) is 5.94. The molecule has 0 unspecified atom stereocenters. The summed E-state index contributed by atoms with van der Waals surface area (Å²) in [5.74, 6) is 3.67. The van der Waals surface area contributed by atoms with Gasteiger partial charge in [-0.2, -0.15) is 0 Å². The minimum Gasteiger partial charge on any atom is -0.131 e. The Morgan fingerprint density at radius 3 is 2.41 bits per heavy atom. The molecule has 0 saturated heterocycles. The van der Waals surface area contributed by atoms with Crippen molar-refractivity contribution in [3.63, 3.8) is 0 Å². The third-order valence-electron chi connectivity index (χ3n) is 4.08. The molecular formula is C21H26Si. The monoisotopic (exact) mass is 306 g/mol. The molecule has 0 fully saturated rings. The van der Waals surface area contributed by atoms with Gasteiger partial charge in [0.1, 0.15) is 8.07 Å². The van der Waals surface area contributed by atoms with Gasteiger partial charge in [0.05, 0.1) is 5.41 Å². The molecule has 0 saturated carbocycles. The van der Waals surface area contributed by atoms with E-state index in [9.17, 15) is 0 Å². The van der Waals surface area contributed by atoms with E-state index in [0.29, 0.717) is 0 Å². The van der Waals surface area contributed by atoms with E-state index in [4.69, 9.17) is 0 Å². The van der Waals surface area contributed by atoms with Crippen molar-refractivity contribution in [3.05, 3.63) is 60.7 Å². The number of benzene rings is 2. The molecule has 0 heterocycles. The smallest absolute Gasteiger partial charge is 0.129 e. The Kier molecular flexibility index (Phi) is 4.93. The summed E-state index contributed by atoms with van der Waals surface area (Å²) >= 11 is 0. The Labute approximate surface area is 136 Å². The molecule has 1 heteroatoms. The average molecular weight is 307 g/mol. The van der Waals surface area contributed by atoms with Crippen molar-refractivity contribution >= 4 is 18.8 Å². The van der Waals surface area contributed by atoms with Gasteiger partial charge in [0.15, 0.2) is 0 Å². The highest BCUT2D eigenvalue weighted by molar-refractivity contribution is 6.83. The Morgan fingerprint density at radius 1 is 1.09 bits per heavy atom. The molecule has 2 aromatic carbocycles. The van der Waals surface area contributed by atoms with Gasteiger partial charge in [-0.25, -0.2) is 0 Å². The normalized spacial score (nSPS) is 14.0. The topological polar surface area (TPSA) is 0 Å². The summed E-state index contributed by atoms with van der Waals surface area (Å²) < 4.78 is 0. The maximum absolute atomic E-state index is 3.99. The molecule has 0 aliphatic carbocycles. The van der Waals surface area contributed by atoms with Crippen molar-refractivity contribution < 1.29 is 0 Å². The van der Waals surface area contributed by atoms with E-state index in [-0.39, 0.29) is 5.41 Å². The van der Waals surface area contributed by atoms with Crippen LogP contribution in [0.4, 0.5) is 0 Å². The van der Waals surface area contributed by atoms with Gasteiger partial charge in [0.2, 0.25) is 0 Å². The summed E-state index contributed by atoms with van der Waals surface area (Å²) in [6.45, 7) is 13.1. The summed E-state index contributed by atoms with van der Waals surface area (Å²) in [7, 11) is -1.41. The minimum absolute atomic E-state index is 0.122. The first-order valence-corrected chi connectivity index (χ1v) is 11.6. The quantitative estimate of drug-likeness (QED) is 0.372. The number of fused-ring (bicyclic) bond motifs is 1. The maximum Gasteiger partial charge on any atom is 0.129 e. The van der Waals surface area contributed by atoms with Crippen LogP contribution in [0.2, 0.25) is 19.6 Å². The fourth-order valence-electron chi connectivity index (χ4n) is 2.85. The van der Waals surface area contributed by atoms with E-state index in [0.717, 1.165) is 12.8 Å². The van der Waals surface area contributed by atoms with Crippen molar-refractivity contribution in [2.45, 2.75) is 44.8 Å². The molecule has 0 amide bonds. The van der Waals surface area contributed by atoms with Crippen molar-refractivity contribution in [3.8, 4) is 11.5 Å². The van der Waals surface area contributed by atoms with E-state index >= 15 is 0 Å². The number of allylic oxidation sites excluding steroid dienone is 1. The molecule has 0 spiro atoms. The molecule has 0 aliphatic rings. The lowest BCUT2D eigenvalue weighted by Crippen LogP contribution is -2.25. The molecule has 0 radical (unpaired) electrons. The molecule has 114 valence electrons. The SMILES string of the molecule is C=CC[C@@](C#C[Si](C)(C)C)(CC)c1cccc2ccccc12. The Balaban J connectivity index is 2.71. The van der Waals surface area contributed by atoms with Gasteiger partial charge in [0.25, 0.3) is 0 Å². The zero-order valence-corrected chi connectivity index (χ0v) is 15.2. The van der Waals surface area contributed by atoms with Gasteiger partial charge < -0.3 is 0 Å². The lowest BCUT2D eigenvalue weighted by Gasteiger charge is -2.29. The Morgan fingerprint density at radius 2 is 1.77 bits per heavy atom. The number of hydrogen-bond acceptors (Lipinski definition) is 0. The molecule has 0 bridgehead atoms. The number of hydrogen-bond donors (Lipinski definition) is 0. The van der Waals surface area contributed by atoms with Crippen molar-refractivity contribution in [1.29, 1.82) is 0 Å². The van der Waals surface area contributed by atoms with Gasteiger partial charge in [-0.3, -0.25) is 0 Å². The predicted molar refractivity (Wildman–Crippen MR) is 102 cm³/mol. The fraction of sp³-hybridized carbons (Fsp3) is 0.333. The standard InChI is InChI=1S/C21H26Si/c1-6-15-21(7-2,16-17-22(3,4)5)20-14-10-12-18-11-8-9-13-19(18)20/h6,8-14H,1,7,15H2,2-5H3/t21-/m1/s1. The van der Waals surface area contributed by atoms with Crippen molar-refractivity contribution in [2.75, 3.05) is 0 Å². The highest BCUT2D eigenvalue weighted by Gasteiger charge is 2.29. The molecule has 2 aromatic rings. The van der Waals surface area contributed by atoms with Gasteiger partial charge in [0, 0.05) is 0 Å². The first-order valence-electron chi connectivity index (χ1n) is 8.05. The van der Waals surface area contributed by atoms with Crippen LogP contribution in [-0.4, -0.2) is 8.07 Å². The molecule has 0 N–H and O–H groups in total. The van der Waals surface area contributed by atoms with Gasteiger partial charge in [-0.1, -0.05) is 81.0 Å². The van der Waals surface area contributed by atoms with Crippen LogP contribution in [0.5, 0.6) is 0 Å². The van der Waals surface area contributed by atoms with Gasteiger partial charge in [-0.15, -0.1) is 12.1 Å². The van der Waals surface area contributed by atoms with E-state index in [2.05, 4.69) is 87.1 Å². The summed E-state index contributed by atoms with van der Waals surface area (Å²) in [6.07, 6.45) is 3.92. The zero-order chi connectivity index (χ0) is 16.2. The van der Waals surface area contributed by atoms with Crippen LogP contribution in [0, 0.1) is 11.5 Å². The molecule has 1 atom stereocenters. The lowest BCUT2D eigenvalue weighted by atomic mass is 9.74. The largest absolute Gasteiger partial charge is 0.131 e. The first kappa shape index (κ1) is 16.6. The van der Waals surface area contributed by atoms with Crippen LogP contribution in [0.1, 0.15) is 25.3 Å². The Bertz CT molecular complexity index is 719. The molecule has 2 rings (SSSR count). The minimum atomic E-state index is -1.41. The first-order chi connectivity index (χ1) is 10.4. The van der Waals surface area contributed by atoms with Crippen LogP contribution in [0.25, 0.3) is 10.8 Å². The zero-order valence-electron chi connectivity index (χ0n) is 14.2. The summed E-state index contributed by atoms with van der Waals surface area (Å²) in [6, 6.07) is 15.2. The van der Waals surface area contributed by atoms with E-state index in [1.165, 1.54) is 16.3 Å². The molecule has 22 heavy (non-hydrogen) atoms. The summed E-state index contributed by atoms with van der Waals surface area (Å²) in [5, 5.41) is 2.61. The summed E-state index contributed by atoms with van der Waals surface area (Å²) in [4.78, 5) is 0. The highest BCUT2D eigenvalue weighted by atomic mass is 28.3. The van der Waals surface area contributed by atoms with E-state index < -0.39 is 8.07 Å². The van der Waals surface area contributed by atoms with Crippen molar-refractivity contribution in [2.24, 2.45) is 0 Å². The van der Waals surface area contributed by atoms with Crippen molar-refractivity contribution in [1.82, 2.24) is 0 Å². The fourth-order valence-corrected chi connectivity index (χ4v) is 3.46. The molecule has 0 aliphatic heterocycles. The second-order valence-corrected chi connectivity index (χ2v) is 11.7. The lowest BCUT2D eigenvalue weighted by molar-refractivity contribution is 0.549. The van der Waals surface area contributed by atoms with Crippen LogP contribution in [0.15, 0.2) is 55.1 Å². The van der Waals surface area contributed by atoms with Gasteiger partial charge in [-0.05, 0) is 29.2 Å².